The third-order valence-electron chi connectivity index (χ3n) is 2.21. The number of carbonyl (C=O) groups is 3. The van der Waals surface area contributed by atoms with Crippen molar-refractivity contribution < 1.29 is 24.2 Å². The predicted octanol–water partition coefficient (Wildman–Crippen LogP) is -0.454. The van der Waals surface area contributed by atoms with Crippen LogP contribution in [0.5, 0.6) is 0 Å². The maximum absolute atomic E-state index is 11.6. The molecule has 0 saturated carbocycles. The highest BCUT2D eigenvalue weighted by molar-refractivity contribution is 5.94. The standard InChI is InChI=1S/C10H13N3O5/c1-18-8(14)3-2-6(10(16)17)13-9(15)7-4-11-5-12-7/h4-6H,2-3H2,1H3,(H,11,12)(H,13,15)(H,16,17)/t6-/m0/s1. The maximum atomic E-state index is 11.6. The lowest BCUT2D eigenvalue weighted by Gasteiger charge is -2.12. The molecule has 1 amide bonds. The molecule has 1 atom stereocenters. The normalized spacial score (nSPS) is 11.6. The molecule has 0 bridgehead atoms. The first-order chi connectivity index (χ1) is 8.54. The zero-order valence-electron chi connectivity index (χ0n) is 9.67. The largest absolute Gasteiger partial charge is 0.480 e. The zero-order valence-corrected chi connectivity index (χ0v) is 9.67. The second kappa shape index (κ2) is 6.38. The van der Waals surface area contributed by atoms with E-state index in [4.69, 9.17) is 5.11 Å². The van der Waals surface area contributed by atoms with E-state index in [2.05, 4.69) is 20.0 Å². The van der Waals surface area contributed by atoms with Crippen LogP contribution in [0.1, 0.15) is 23.3 Å². The van der Waals surface area contributed by atoms with Gasteiger partial charge in [-0.05, 0) is 6.42 Å². The number of carboxylic acid groups (broad SMARTS) is 1. The molecule has 1 heterocycles. The van der Waals surface area contributed by atoms with E-state index >= 15 is 0 Å². The second-order valence-electron chi connectivity index (χ2n) is 3.44. The minimum absolute atomic E-state index is 0.0398. The maximum Gasteiger partial charge on any atom is 0.326 e. The van der Waals surface area contributed by atoms with E-state index in [0.29, 0.717) is 0 Å². The van der Waals surface area contributed by atoms with Crippen molar-refractivity contribution in [1.29, 1.82) is 0 Å². The first kappa shape index (κ1) is 13.7. The van der Waals surface area contributed by atoms with Gasteiger partial charge in [-0.15, -0.1) is 0 Å². The summed E-state index contributed by atoms with van der Waals surface area (Å²) < 4.78 is 4.40. The first-order valence-corrected chi connectivity index (χ1v) is 5.13. The number of hydrogen-bond acceptors (Lipinski definition) is 5. The van der Waals surface area contributed by atoms with Crippen LogP contribution >= 0.6 is 0 Å². The highest BCUT2D eigenvalue weighted by Gasteiger charge is 2.22. The number of aromatic nitrogens is 2. The molecule has 0 saturated heterocycles. The van der Waals surface area contributed by atoms with E-state index in [1.54, 1.807) is 0 Å². The Bertz CT molecular complexity index is 429. The van der Waals surface area contributed by atoms with Gasteiger partial charge in [-0.3, -0.25) is 9.59 Å². The smallest absolute Gasteiger partial charge is 0.326 e. The van der Waals surface area contributed by atoms with Gasteiger partial charge in [-0.1, -0.05) is 0 Å². The lowest BCUT2D eigenvalue weighted by Crippen LogP contribution is -2.41. The van der Waals surface area contributed by atoms with Gasteiger partial charge in [0.25, 0.3) is 5.91 Å². The van der Waals surface area contributed by atoms with Crippen LogP contribution in [-0.2, 0) is 14.3 Å². The summed E-state index contributed by atoms with van der Waals surface area (Å²) in [5.74, 6) is -2.34. The Hall–Kier alpha value is -2.38. The molecular weight excluding hydrogens is 242 g/mol. The van der Waals surface area contributed by atoms with Gasteiger partial charge in [-0.25, -0.2) is 9.78 Å². The number of methoxy groups -OCH3 is 1. The van der Waals surface area contributed by atoms with Gasteiger partial charge < -0.3 is 20.1 Å². The summed E-state index contributed by atoms with van der Waals surface area (Å²) in [6, 6.07) is -1.15. The number of hydrogen-bond donors (Lipinski definition) is 3. The van der Waals surface area contributed by atoms with E-state index in [1.165, 1.54) is 19.6 Å². The van der Waals surface area contributed by atoms with E-state index in [0.717, 1.165) is 0 Å². The Morgan fingerprint density at radius 2 is 2.28 bits per heavy atom. The highest BCUT2D eigenvalue weighted by Crippen LogP contribution is 2.01. The number of aromatic amines is 1. The third-order valence-corrected chi connectivity index (χ3v) is 2.21. The number of esters is 1. The molecule has 1 aromatic heterocycles. The molecule has 0 unspecified atom stereocenters. The van der Waals surface area contributed by atoms with Crippen molar-refractivity contribution in [2.24, 2.45) is 0 Å². The monoisotopic (exact) mass is 255 g/mol. The van der Waals surface area contributed by atoms with Gasteiger partial charge in [-0.2, -0.15) is 0 Å². The lowest BCUT2D eigenvalue weighted by atomic mass is 10.1. The van der Waals surface area contributed by atoms with Crippen molar-refractivity contribution in [3.05, 3.63) is 18.2 Å². The van der Waals surface area contributed by atoms with Crippen LogP contribution in [0.15, 0.2) is 12.5 Å². The minimum atomic E-state index is -1.22. The number of nitrogens with zero attached hydrogens (tertiary/aromatic N) is 1. The van der Waals surface area contributed by atoms with Gasteiger partial charge >= 0.3 is 11.9 Å². The number of H-pyrrole nitrogens is 1. The van der Waals surface area contributed by atoms with E-state index in [1.807, 2.05) is 0 Å². The van der Waals surface area contributed by atoms with E-state index in [-0.39, 0.29) is 18.5 Å². The lowest BCUT2D eigenvalue weighted by molar-refractivity contribution is -0.142. The fourth-order valence-electron chi connectivity index (χ4n) is 1.24. The quantitative estimate of drug-likeness (QED) is 0.592. The summed E-state index contributed by atoms with van der Waals surface area (Å²) in [6.07, 6.45) is 2.45. The molecule has 1 rings (SSSR count). The molecule has 8 nitrogen and oxygen atoms in total. The van der Waals surface area contributed by atoms with Crippen molar-refractivity contribution in [3.63, 3.8) is 0 Å². The van der Waals surface area contributed by atoms with Crippen LogP contribution in [0, 0.1) is 0 Å². The van der Waals surface area contributed by atoms with Crippen molar-refractivity contribution in [2.75, 3.05) is 7.11 Å². The Labute approximate surface area is 102 Å². The van der Waals surface area contributed by atoms with Gasteiger partial charge in [0.05, 0.1) is 19.6 Å². The molecule has 0 spiro atoms. The number of aliphatic carboxylic acids is 1. The number of amides is 1. The minimum Gasteiger partial charge on any atom is -0.480 e. The number of ether oxygens (including phenoxy) is 1. The van der Waals surface area contributed by atoms with Crippen molar-refractivity contribution in [1.82, 2.24) is 15.3 Å². The molecule has 0 radical (unpaired) electrons. The summed E-state index contributed by atoms with van der Waals surface area (Å²) in [4.78, 5) is 39.6. The van der Waals surface area contributed by atoms with E-state index < -0.39 is 23.9 Å². The van der Waals surface area contributed by atoms with Crippen molar-refractivity contribution in [2.45, 2.75) is 18.9 Å². The van der Waals surface area contributed by atoms with Crippen LogP contribution in [-0.4, -0.2) is 46.1 Å². The molecule has 0 aliphatic rings. The second-order valence-corrected chi connectivity index (χ2v) is 3.44. The molecule has 3 N–H and O–H groups in total. The predicted molar refractivity (Wildman–Crippen MR) is 58.7 cm³/mol. The van der Waals surface area contributed by atoms with Crippen LogP contribution in [0.4, 0.5) is 0 Å². The average molecular weight is 255 g/mol. The molecule has 0 fully saturated rings. The fourth-order valence-corrected chi connectivity index (χ4v) is 1.24. The topological polar surface area (TPSA) is 121 Å². The Morgan fingerprint density at radius 1 is 1.56 bits per heavy atom. The van der Waals surface area contributed by atoms with Crippen molar-refractivity contribution >= 4 is 17.8 Å². The molecule has 1 aromatic rings. The molecule has 0 aromatic carbocycles. The summed E-state index contributed by atoms with van der Waals surface area (Å²) in [5.41, 5.74) is 0.152. The van der Waals surface area contributed by atoms with Crippen LogP contribution < -0.4 is 5.32 Å². The number of rotatable bonds is 6. The Balaban J connectivity index is 2.55. The molecule has 0 aliphatic heterocycles. The van der Waals surface area contributed by atoms with Crippen molar-refractivity contribution in [3.8, 4) is 0 Å². The Morgan fingerprint density at radius 3 is 2.78 bits per heavy atom. The molecular formula is C10H13N3O5. The molecule has 18 heavy (non-hydrogen) atoms. The molecule has 8 heteroatoms. The van der Waals surface area contributed by atoms with Gasteiger partial charge in [0.1, 0.15) is 11.7 Å². The van der Waals surface area contributed by atoms with E-state index in [9.17, 15) is 14.4 Å². The highest BCUT2D eigenvalue weighted by atomic mass is 16.5. The third kappa shape index (κ3) is 3.89. The summed E-state index contributed by atoms with van der Waals surface area (Å²) >= 11 is 0. The fraction of sp³-hybridized carbons (Fsp3) is 0.400. The number of nitrogens with one attached hydrogen (secondary N) is 2. The van der Waals surface area contributed by atoms with Gasteiger partial charge in [0, 0.05) is 6.42 Å². The molecule has 0 aliphatic carbocycles. The van der Waals surface area contributed by atoms with Crippen LogP contribution in [0.3, 0.4) is 0 Å². The summed E-state index contributed by atoms with van der Waals surface area (Å²) in [6.45, 7) is 0. The summed E-state index contributed by atoms with van der Waals surface area (Å²) in [7, 11) is 1.21. The first-order valence-electron chi connectivity index (χ1n) is 5.13. The summed E-state index contributed by atoms with van der Waals surface area (Å²) in [5, 5.41) is 11.2. The Kier molecular flexibility index (Phi) is 4.85. The zero-order chi connectivity index (χ0) is 13.5. The number of carboxylic acids is 1. The number of carbonyl (C=O) groups excluding carboxylic acids is 2. The number of imidazole rings is 1. The van der Waals surface area contributed by atoms with Crippen LogP contribution in [0.2, 0.25) is 0 Å². The molecule has 98 valence electrons. The van der Waals surface area contributed by atoms with Gasteiger partial charge in [0.2, 0.25) is 0 Å². The average Bonchev–Trinajstić information content (AvgIpc) is 2.87. The SMILES string of the molecule is COC(=O)CC[C@H](NC(=O)c1cnc[nH]1)C(=O)O. The van der Waals surface area contributed by atoms with Crippen LogP contribution in [0.25, 0.3) is 0 Å². The van der Waals surface area contributed by atoms with Gasteiger partial charge in [0.15, 0.2) is 0 Å².